The third kappa shape index (κ3) is 17.3. The number of aryl methyl sites for hydroxylation is 1. The molecule has 1 atom stereocenters. The smallest absolute Gasteiger partial charge is 0.326 e. The Morgan fingerprint density at radius 2 is 1.35 bits per heavy atom. The number of carboxylic acid groups (broad SMARTS) is 1. The van der Waals surface area contributed by atoms with Crippen molar-refractivity contribution in [3.05, 3.63) is 95.9 Å². The number of carbonyl (C=O) groups is 3. The number of allylic oxidation sites excluding steroid dienone is 12. The number of carboxylic acids is 1. The number of aromatic nitrogens is 1. The van der Waals surface area contributed by atoms with Crippen LogP contribution in [0.2, 0.25) is 0 Å². The van der Waals surface area contributed by atoms with Crippen molar-refractivity contribution in [2.24, 2.45) is 0 Å². The second kappa shape index (κ2) is 23.3. The molecule has 0 fully saturated rings. The molecule has 1 aromatic rings. The lowest BCUT2D eigenvalue weighted by Gasteiger charge is -2.16. The number of nitrogens with one attached hydrogen (secondary N) is 2. The Balaban J connectivity index is 2.27. The molecule has 1 aromatic heterocycles. The molecular weight excluding hydrogens is 546 g/mol. The van der Waals surface area contributed by atoms with Crippen molar-refractivity contribution in [1.82, 2.24) is 15.6 Å². The van der Waals surface area contributed by atoms with E-state index in [1.54, 1.807) is 6.92 Å². The van der Waals surface area contributed by atoms with Crippen molar-refractivity contribution in [3.8, 4) is 5.75 Å². The number of amides is 2. The van der Waals surface area contributed by atoms with E-state index in [0.29, 0.717) is 23.2 Å². The number of pyridine rings is 1. The van der Waals surface area contributed by atoms with Crippen molar-refractivity contribution in [2.75, 3.05) is 0 Å². The van der Waals surface area contributed by atoms with Gasteiger partial charge in [-0.15, -0.1) is 0 Å². The average molecular weight is 594 g/mol. The van der Waals surface area contributed by atoms with Crippen LogP contribution in [0.25, 0.3) is 0 Å². The lowest BCUT2D eigenvalue weighted by Crippen LogP contribution is -2.44. The predicted molar refractivity (Wildman–Crippen MR) is 170 cm³/mol. The number of rotatable bonds is 21. The highest BCUT2D eigenvalue weighted by atomic mass is 16.4. The number of carbonyl (C=O) groups excluding carboxylic acids is 2. The van der Waals surface area contributed by atoms with E-state index < -0.39 is 30.2 Å². The molecular formula is C34H47N3O6. The van der Waals surface area contributed by atoms with Gasteiger partial charge in [0.05, 0.1) is 18.7 Å². The van der Waals surface area contributed by atoms with Crippen LogP contribution >= 0.6 is 0 Å². The molecule has 0 aliphatic rings. The van der Waals surface area contributed by atoms with Gasteiger partial charge in [0.15, 0.2) is 0 Å². The molecule has 0 aliphatic heterocycles. The number of hydrogen-bond donors (Lipinski definition) is 5. The monoisotopic (exact) mass is 593 g/mol. The van der Waals surface area contributed by atoms with Crippen LogP contribution in [0.4, 0.5) is 0 Å². The summed E-state index contributed by atoms with van der Waals surface area (Å²) in [5.74, 6) is -2.56. The summed E-state index contributed by atoms with van der Waals surface area (Å²) in [6.07, 6.45) is 32.2. The molecule has 1 unspecified atom stereocenters. The van der Waals surface area contributed by atoms with Gasteiger partial charge in [-0.05, 0) is 51.9 Å². The Kier molecular flexibility index (Phi) is 20.0. The lowest BCUT2D eigenvalue weighted by molar-refractivity contribution is -0.143. The number of nitrogens with zero attached hydrogens (tertiary/aromatic N) is 1. The fraction of sp³-hybridized carbons (Fsp3) is 0.412. The summed E-state index contributed by atoms with van der Waals surface area (Å²) in [7, 11) is 0. The van der Waals surface area contributed by atoms with E-state index in [4.69, 9.17) is 0 Å². The van der Waals surface area contributed by atoms with Gasteiger partial charge >= 0.3 is 5.97 Å². The maximum absolute atomic E-state index is 12.3. The lowest BCUT2D eigenvalue weighted by atomic mass is 10.1. The van der Waals surface area contributed by atoms with Gasteiger partial charge < -0.3 is 26.0 Å². The normalized spacial score (nSPS) is 12.9. The molecule has 0 radical (unpaired) electrons. The van der Waals surface area contributed by atoms with E-state index in [0.717, 1.165) is 38.5 Å². The topological polar surface area (TPSA) is 149 Å². The Morgan fingerprint density at radius 1 is 0.837 bits per heavy atom. The van der Waals surface area contributed by atoms with Gasteiger partial charge in [0, 0.05) is 30.3 Å². The summed E-state index contributed by atoms with van der Waals surface area (Å²) in [6.45, 7) is 3.21. The first-order valence-corrected chi connectivity index (χ1v) is 14.8. The number of aliphatic hydroxyl groups excluding tert-OH is 1. The zero-order chi connectivity index (χ0) is 31.7. The van der Waals surface area contributed by atoms with Crippen molar-refractivity contribution in [2.45, 2.75) is 90.8 Å². The summed E-state index contributed by atoms with van der Waals surface area (Å²) in [5, 5.41) is 34.0. The SMILES string of the molecule is CCC=CCC=CCC=CCC=CCC=CCC=CCCC(=O)NC(CC(=O)NCc1c(CO)cnc(C)c1O)C(=O)O. The van der Waals surface area contributed by atoms with Crippen LogP contribution in [0.15, 0.2) is 79.1 Å². The van der Waals surface area contributed by atoms with Crippen LogP contribution in [-0.2, 0) is 27.5 Å². The largest absolute Gasteiger partial charge is 0.506 e. The summed E-state index contributed by atoms with van der Waals surface area (Å²) >= 11 is 0. The summed E-state index contributed by atoms with van der Waals surface area (Å²) in [4.78, 5) is 40.1. The van der Waals surface area contributed by atoms with Crippen molar-refractivity contribution < 1.29 is 29.7 Å². The van der Waals surface area contributed by atoms with Crippen molar-refractivity contribution in [1.29, 1.82) is 0 Å². The van der Waals surface area contributed by atoms with Gasteiger partial charge in [0.2, 0.25) is 11.8 Å². The van der Waals surface area contributed by atoms with Gasteiger partial charge in [-0.2, -0.15) is 0 Å². The van der Waals surface area contributed by atoms with E-state index in [1.807, 2.05) is 18.2 Å². The highest BCUT2D eigenvalue weighted by Gasteiger charge is 2.23. The Bertz CT molecular complexity index is 1180. The maximum atomic E-state index is 12.3. The first kappa shape index (κ1) is 36.8. The van der Waals surface area contributed by atoms with Crippen LogP contribution in [0.1, 0.15) is 81.5 Å². The third-order valence-corrected chi connectivity index (χ3v) is 6.22. The third-order valence-electron chi connectivity index (χ3n) is 6.22. The van der Waals surface area contributed by atoms with Crippen LogP contribution in [0.3, 0.4) is 0 Å². The minimum atomic E-state index is -1.39. The number of aromatic hydroxyl groups is 1. The second-order valence-corrected chi connectivity index (χ2v) is 9.75. The molecule has 2 amide bonds. The van der Waals surface area contributed by atoms with E-state index >= 15 is 0 Å². The zero-order valence-corrected chi connectivity index (χ0v) is 25.4. The molecule has 0 bridgehead atoms. The van der Waals surface area contributed by atoms with E-state index in [2.05, 4.69) is 77.2 Å². The van der Waals surface area contributed by atoms with Crippen LogP contribution in [-0.4, -0.2) is 44.1 Å². The number of hydrogen-bond acceptors (Lipinski definition) is 6. The fourth-order valence-electron chi connectivity index (χ4n) is 3.78. The Morgan fingerprint density at radius 3 is 1.84 bits per heavy atom. The first-order chi connectivity index (χ1) is 20.8. The Labute approximate surface area is 255 Å². The molecule has 43 heavy (non-hydrogen) atoms. The molecule has 0 aromatic carbocycles. The molecule has 0 saturated carbocycles. The molecule has 9 heteroatoms. The molecule has 1 rings (SSSR count). The highest BCUT2D eigenvalue weighted by Crippen LogP contribution is 2.23. The summed E-state index contributed by atoms with van der Waals surface area (Å²) in [6, 6.07) is -1.39. The minimum Gasteiger partial charge on any atom is -0.506 e. The molecule has 0 aliphatic carbocycles. The molecule has 0 spiro atoms. The zero-order valence-electron chi connectivity index (χ0n) is 25.4. The molecule has 1 heterocycles. The van der Waals surface area contributed by atoms with Gasteiger partial charge in [-0.25, -0.2) is 4.79 Å². The molecule has 5 N–H and O–H groups in total. The molecule has 9 nitrogen and oxygen atoms in total. The van der Waals surface area contributed by atoms with Crippen molar-refractivity contribution >= 4 is 17.8 Å². The number of aliphatic carboxylic acids is 1. The molecule has 234 valence electrons. The maximum Gasteiger partial charge on any atom is 0.326 e. The fourth-order valence-corrected chi connectivity index (χ4v) is 3.78. The van der Waals surface area contributed by atoms with Gasteiger partial charge in [0.1, 0.15) is 11.8 Å². The quantitative estimate of drug-likeness (QED) is 0.116. The van der Waals surface area contributed by atoms with Gasteiger partial charge in [-0.3, -0.25) is 14.6 Å². The highest BCUT2D eigenvalue weighted by molar-refractivity contribution is 5.88. The molecule has 0 saturated heterocycles. The van der Waals surface area contributed by atoms with Gasteiger partial charge in [-0.1, -0.05) is 79.8 Å². The second-order valence-electron chi connectivity index (χ2n) is 9.75. The van der Waals surface area contributed by atoms with Crippen LogP contribution < -0.4 is 10.6 Å². The standard InChI is InChI=1S/C34H47N3O6/c1-3-4-5-6-7-8-9-10-11-12-13-14-15-16-17-18-19-20-21-22-31(39)37-30(34(42)43)23-32(40)36-25-29-28(26-38)24-35-27(2)33(29)41/h4-5,7-8,10-11,13-14,16-17,19-20,24,30,38,41H,3,6,9,12,15,18,21-23,25-26H2,1-2H3,(H,36,40)(H,37,39)(H,42,43). The summed E-state index contributed by atoms with van der Waals surface area (Å²) in [5.41, 5.74) is 0.987. The average Bonchev–Trinajstić information content (AvgIpc) is 2.98. The number of aliphatic hydroxyl groups is 1. The summed E-state index contributed by atoms with van der Waals surface area (Å²) < 4.78 is 0. The Hall–Kier alpha value is -4.24. The van der Waals surface area contributed by atoms with Crippen LogP contribution in [0, 0.1) is 6.92 Å². The van der Waals surface area contributed by atoms with Crippen LogP contribution in [0.5, 0.6) is 5.75 Å². The van der Waals surface area contributed by atoms with Crippen molar-refractivity contribution in [3.63, 3.8) is 0 Å². The van der Waals surface area contributed by atoms with E-state index in [9.17, 15) is 29.7 Å². The minimum absolute atomic E-state index is 0.0948. The predicted octanol–water partition coefficient (Wildman–Crippen LogP) is 5.64. The van der Waals surface area contributed by atoms with E-state index in [1.165, 1.54) is 6.20 Å². The first-order valence-electron chi connectivity index (χ1n) is 14.8. The van der Waals surface area contributed by atoms with Gasteiger partial charge in [0.25, 0.3) is 0 Å². The van der Waals surface area contributed by atoms with E-state index in [-0.39, 0.29) is 25.3 Å².